The molecular formula is C19H19ClN2O3. The van der Waals surface area contributed by atoms with Crippen molar-refractivity contribution in [2.24, 2.45) is 5.92 Å². The van der Waals surface area contributed by atoms with Crippen LogP contribution >= 0.6 is 11.6 Å². The topological polar surface area (TPSA) is 59.5 Å². The zero-order chi connectivity index (χ0) is 18.0. The minimum absolute atomic E-state index is 0.0119. The summed E-state index contributed by atoms with van der Waals surface area (Å²) in [5.74, 6) is 0.138. The summed E-state index contributed by atoms with van der Waals surface area (Å²) in [6, 6.07) is 8.91. The van der Waals surface area contributed by atoms with Gasteiger partial charge < -0.3 is 9.64 Å². The van der Waals surface area contributed by atoms with Crippen molar-refractivity contribution in [1.82, 2.24) is 4.98 Å². The van der Waals surface area contributed by atoms with Gasteiger partial charge in [-0.2, -0.15) is 0 Å². The molecule has 0 bridgehead atoms. The third kappa shape index (κ3) is 3.99. The molecule has 1 aromatic carbocycles. The largest absolute Gasteiger partial charge is 0.465 e. The summed E-state index contributed by atoms with van der Waals surface area (Å²) in [4.78, 5) is 29.4. The van der Waals surface area contributed by atoms with Crippen LogP contribution in [0.4, 0.5) is 5.69 Å². The van der Waals surface area contributed by atoms with Gasteiger partial charge in [0.2, 0.25) is 5.91 Å². The number of rotatable bonds is 5. The summed E-state index contributed by atoms with van der Waals surface area (Å²) in [6.45, 7) is 2.26. The number of aromatic nitrogens is 1. The third-order valence-corrected chi connectivity index (χ3v) is 4.54. The van der Waals surface area contributed by atoms with Crippen molar-refractivity contribution < 1.29 is 14.3 Å². The van der Waals surface area contributed by atoms with E-state index in [9.17, 15) is 9.59 Å². The number of carbonyl (C=O) groups excluding carboxylic acids is 2. The molecule has 3 rings (SSSR count). The second-order valence-corrected chi connectivity index (χ2v) is 6.57. The van der Waals surface area contributed by atoms with Gasteiger partial charge in [-0.05, 0) is 43.0 Å². The molecule has 0 aliphatic heterocycles. The summed E-state index contributed by atoms with van der Waals surface area (Å²) >= 11 is 6.43. The maximum Gasteiger partial charge on any atom is 0.339 e. The van der Waals surface area contributed by atoms with Gasteiger partial charge in [0, 0.05) is 25.2 Å². The lowest BCUT2D eigenvalue weighted by atomic mass is 10.1. The first-order chi connectivity index (χ1) is 12.0. The van der Waals surface area contributed by atoms with E-state index in [-0.39, 0.29) is 5.91 Å². The molecule has 1 amide bonds. The number of carbonyl (C=O) groups is 2. The molecule has 1 aliphatic rings. The molecule has 0 spiro atoms. The average molecular weight is 359 g/mol. The Kier molecular flexibility index (Phi) is 5.04. The Balaban J connectivity index is 1.85. The summed E-state index contributed by atoms with van der Waals surface area (Å²) in [5, 5.41) is 0.507. The molecule has 1 saturated carbocycles. The second-order valence-electron chi connectivity index (χ2n) is 6.16. The van der Waals surface area contributed by atoms with E-state index in [1.54, 1.807) is 30.0 Å². The van der Waals surface area contributed by atoms with Gasteiger partial charge in [0.1, 0.15) is 0 Å². The highest BCUT2D eigenvalue weighted by Crippen LogP contribution is 2.35. The summed E-state index contributed by atoms with van der Waals surface area (Å²) in [6.07, 6.45) is 3.80. The number of methoxy groups -OCH3 is 1. The number of esters is 1. The van der Waals surface area contributed by atoms with E-state index >= 15 is 0 Å². The molecule has 0 saturated heterocycles. The molecule has 1 aliphatic carbocycles. The molecule has 1 fully saturated rings. The lowest BCUT2D eigenvalue weighted by Gasteiger charge is -2.22. The Morgan fingerprint density at radius 3 is 2.56 bits per heavy atom. The first-order valence-electron chi connectivity index (χ1n) is 8.12. The van der Waals surface area contributed by atoms with Gasteiger partial charge in [0.05, 0.1) is 29.1 Å². The van der Waals surface area contributed by atoms with Crippen molar-refractivity contribution in [1.29, 1.82) is 0 Å². The van der Waals surface area contributed by atoms with Crippen molar-refractivity contribution in [2.45, 2.75) is 19.8 Å². The number of halogens is 1. The Morgan fingerprint density at radius 2 is 2.04 bits per heavy atom. The zero-order valence-corrected chi connectivity index (χ0v) is 14.9. The Hall–Kier alpha value is -2.40. The van der Waals surface area contributed by atoms with Gasteiger partial charge in [0.25, 0.3) is 0 Å². The van der Waals surface area contributed by atoms with Gasteiger partial charge in [-0.15, -0.1) is 0 Å². The highest BCUT2D eigenvalue weighted by molar-refractivity contribution is 6.34. The second kappa shape index (κ2) is 7.23. The number of amides is 1. The molecule has 1 heterocycles. The normalized spacial score (nSPS) is 13.4. The van der Waals surface area contributed by atoms with Crippen molar-refractivity contribution in [3.8, 4) is 11.3 Å². The lowest BCUT2D eigenvalue weighted by Crippen LogP contribution is -2.30. The van der Waals surface area contributed by atoms with Crippen LogP contribution in [0.15, 0.2) is 36.5 Å². The Morgan fingerprint density at radius 1 is 1.28 bits per heavy atom. The smallest absolute Gasteiger partial charge is 0.339 e. The minimum atomic E-state index is -0.426. The predicted molar refractivity (Wildman–Crippen MR) is 96.8 cm³/mol. The molecule has 6 heteroatoms. The number of ether oxygens (including phenoxy) is 1. The van der Waals surface area contributed by atoms with E-state index in [4.69, 9.17) is 11.6 Å². The lowest BCUT2D eigenvalue weighted by molar-refractivity contribution is -0.116. The van der Waals surface area contributed by atoms with Gasteiger partial charge in [-0.25, -0.2) is 4.79 Å². The fourth-order valence-corrected chi connectivity index (χ4v) is 2.93. The third-order valence-electron chi connectivity index (χ3n) is 4.24. The summed E-state index contributed by atoms with van der Waals surface area (Å²) < 4.78 is 4.66. The number of pyridine rings is 1. The minimum Gasteiger partial charge on any atom is -0.465 e. The van der Waals surface area contributed by atoms with Crippen LogP contribution in [0.5, 0.6) is 0 Å². The monoisotopic (exact) mass is 358 g/mol. The average Bonchev–Trinajstić information content (AvgIpc) is 3.43. The van der Waals surface area contributed by atoms with E-state index in [1.165, 1.54) is 13.3 Å². The standard InChI is InChI=1S/C19H19ClN2O3/c1-12(23)22(11-13-3-4-13)18-8-6-14(9-16(18)20)17-7-5-15(10-21-17)19(24)25-2/h5-10,13H,3-4,11H2,1-2H3. The number of nitrogens with zero attached hydrogens (tertiary/aromatic N) is 2. The van der Waals surface area contributed by atoms with Crippen LogP contribution in [-0.4, -0.2) is 30.5 Å². The Bertz CT molecular complexity index is 801. The van der Waals surface area contributed by atoms with Gasteiger partial charge in [0.15, 0.2) is 0 Å². The molecule has 25 heavy (non-hydrogen) atoms. The summed E-state index contributed by atoms with van der Waals surface area (Å²) in [7, 11) is 1.33. The van der Waals surface area contributed by atoms with E-state index < -0.39 is 5.97 Å². The van der Waals surface area contributed by atoms with Crippen LogP contribution in [0.25, 0.3) is 11.3 Å². The van der Waals surface area contributed by atoms with E-state index in [0.717, 1.165) is 24.1 Å². The van der Waals surface area contributed by atoms with Crippen molar-refractivity contribution >= 4 is 29.2 Å². The number of hydrogen-bond donors (Lipinski definition) is 0. The van der Waals surface area contributed by atoms with Crippen molar-refractivity contribution in [3.05, 3.63) is 47.1 Å². The summed E-state index contributed by atoms with van der Waals surface area (Å²) in [5.41, 5.74) is 2.62. The zero-order valence-electron chi connectivity index (χ0n) is 14.2. The maximum absolute atomic E-state index is 12.0. The van der Waals surface area contributed by atoms with Crippen LogP contribution < -0.4 is 4.90 Å². The van der Waals surface area contributed by atoms with Crippen LogP contribution in [0, 0.1) is 5.92 Å². The first-order valence-corrected chi connectivity index (χ1v) is 8.49. The van der Waals surface area contributed by atoms with E-state index in [0.29, 0.717) is 28.7 Å². The van der Waals surface area contributed by atoms with Crippen molar-refractivity contribution in [2.75, 3.05) is 18.6 Å². The van der Waals surface area contributed by atoms with Crippen LogP contribution in [0.2, 0.25) is 5.02 Å². The van der Waals surface area contributed by atoms with Crippen LogP contribution in [0.1, 0.15) is 30.1 Å². The van der Waals surface area contributed by atoms with E-state index in [1.807, 2.05) is 12.1 Å². The van der Waals surface area contributed by atoms with Crippen LogP contribution in [0.3, 0.4) is 0 Å². The van der Waals surface area contributed by atoms with E-state index in [2.05, 4.69) is 9.72 Å². The van der Waals surface area contributed by atoms with Gasteiger partial charge in [-0.3, -0.25) is 9.78 Å². The number of hydrogen-bond acceptors (Lipinski definition) is 4. The molecule has 130 valence electrons. The molecule has 2 aromatic rings. The predicted octanol–water partition coefficient (Wildman–Crippen LogP) is 3.95. The molecule has 5 nitrogen and oxygen atoms in total. The van der Waals surface area contributed by atoms with Gasteiger partial charge >= 0.3 is 5.97 Å². The highest BCUT2D eigenvalue weighted by Gasteiger charge is 2.27. The van der Waals surface area contributed by atoms with Crippen molar-refractivity contribution in [3.63, 3.8) is 0 Å². The molecule has 0 unspecified atom stereocenters. The fraction of sp³-hybridized carbons (Fsp3) is 0.316. The molecule has 0 atom stereocenters. The SMILES string of the molecule is COC(=O)c1ccc(-c2ccc(N(CC3CC3)C(C)=O)c(Cl)c2)nc1. The van der Waals surface area contributed by atoms with Gasteiger partial charge in [-0.1, -0.05) is 17.7 Å². The Labute approximate surface area is 151 Å². The first kappa shape index (κ1) is 17.4. The molecule has 0 radical (unpaired) electrons. The molecular weight excluding hydrogens is 340 g/mol. The highest BCUT2D eigenvalue weighted by atomic mass is 35.5. The van der Waals surface area contributed by atoms with Crippen LogP contribution in [-0.2, 0) is 9.53 Å². The number of benzene rings is 1. The number of anilines is 1. The fourth-order valence-electron chi connectivity index (χ4n) is 2.64. The quantitative estimate of drug-likeness (QED) is 0.759. The maximum atomic E-state index is 12.0. The molecule has 1 aromatic heterocycles. The molecule has 0 N–H and O–H groups in total.